The summed E-state index contributed by atoms with van der Waals surface area (Å²) in [6.07, 6.45) is 2.97. The van der Waals surface area contributed by atoms with E-state index in [0.29, 0.717) is 12.1 Å². The number of aromatic nitrogens is 2. The average Bonchev–Trinajstić information content (AvgIpc) is 2.50. The Morgan fingerprint density at radius 2 is 1.87 bits per heavy atom. The molecule has 1 rings (SSSR count). The molecule has 0 spiro atoms. The maximum atomic E-state index is 4.42. The van der Waals surface area contributed by atoms with Crippen molar-refractivity contribution in [1.82, 2.24) is 14.9 Å². The third-order valence-corrected chi connectivity index (χ3v) is 2.69. The van der Waals surface area contributed by atoms with Crippen LogP contribution in [0.5, 0.6) is 0 Å². The predicted molar refractivity (Wildman–Crippen MR) is 64.0 cm³/mol. The number of hydrogen-bond donors (Lipinski definition) is 1. The lowest BCUT2D eigenvalue weighted by atomic mass is 10.2. The van der Waals surface area contributed by atoms with E-state index in [0.717, 1.165) is 24.5 Å². The minimum absolute atomic E-state index is 0.598. The van der Waals surface area contributed by atoms with Crippen LogP contribution in [0.3, 0.4) is 0 Å². The van der Waals surface area contributed by atoms with E-state index in [4.69, 9.17) is 0 Å². The number of aryl methyl sites for hydroxylation is 1. The van der Waals surface area contributed by atoms with Gasteiger partial charge in [0.1, 0.15) is 5.82 Å². The summed E-state index contributed by atoms with van der Waals surface area (Å²) in [5.41, 5.74) is 1.07. The molecule has 0 aliphatic heterocycles. The molecule has 3 heteroatoms. The quantitative estimate of drug-likeness (QED) is 0.807. The highest BCUT2D eigenvalue weighted by Crippen LogP contribution is 2.06. The van der Waals surface area contributed by atoms with Gasteiger partial charge in [-0.3, -0.25) is 4.90 Å². The molecule has 0 amide bonds. The molecule has 1 N–H and O–H groups in total. The molecule has 0 aliphatic rings. The molecule has 0 fully saturated rings. The average molecular weight is 209 g/mol. The maximum absolute atomic E-state index is 4.42. The van der Waals surface area contributed by atoms with Gasteiger partial charge in [0.25, 0.3) is 0 Å². The SMILES string of the molecule is Cc1c[nH]c(CCN(C(C)C)C(C)C)n1. The molecule has 0 atom stereocenters. The maximum Gasteiger partial charge on any atom is 0.107 e. The Bertz CT molecular complexity index is 281. The van der Waals surface area contributed by atoms with Gasteiger partial charge in [0.2, 0.25) is 0 Å². The van der Waals surface area contributed by atoms with Crippen LogP contribution >= 0.6 is 0 Å². The topological polar surface area (TPSA) is 31.9 Å². The first-order valence-corrected chi connectivity index (χ1v) is 5.77. The minimum atomic E-state index is 0.598. The Balaban J connectivity index is 2.47. The van der Waals surface area contributed by atoms with Crippen molar-refractivity contribution in [1.29, 1.82) is 0 Å². The number of imidazole rings is 1. The lowest BCUT2D eigenvalue weighted by Gasteiger charge is -2.30. The molecule has 0 aliphatic carbocycles. The van der Waals surface area contributed by atoms with Crippen molar-refractivity contribution >= 4 is 0 Å². The fourth-order valence-corrected chi connectivity index (χ4v) is 1.94. The molecule has 0 bridgehead atoms. The highest BCUT2D eigenvalue weighted by molar-refractivity contribution is 4.98. The summed E-state index contributed by atoms with van der Waals surface area (Å²) in [6, 6.07) is 1.20. The summed E-state index contributed by atoms with van der Waals surface area (Å²) >= 11 is 0. The van der Waals surface area contributed by atoms with Crippen molar-refractivity contribution in [2.45, 2.75) is 53.1 Å². The zero-order valence-corrected chi connectivity index (χ0v) is 10.5. The first kappa shape index (κ1) is 12.2. The van der Waals surface area contributed by atoms with Gasteiger partial charge in [0.05, 0.1) is 5.69 Å². The molecule has 0 aromatic carbocycles. The van der Waals surface area contributed by atoms with Crippen molar-refractivity contribution in [2.24, 2.45) is 0 Å². The van der Waals surface area contributed by atoms with Crippen LogP contribution in [0, 0.1) is 6.92 Å². The van der Waals surface area contributed by atoms with Crippen LogP contribution in [-0.2, 0) is 6.42 Å². The van der Waals surface area contributed by atoms with Crippen molar-refractivity contribution in [3.63, 3.8) is 0 Å². The van der Waals surface area contributed by atoms with Crippen molar-refractivity contribution in [2.75, 3.05) is 6.54 Å². The molecule has 0 radical (unpaired) electrons. The van der Waals surface area contributed by atoms with Gasteiger partial charge in [0, 0.05) is 31.2 Å². The molecule has 1 heterocycles. The molecule has 0 saturated carbocycles. The summed E-state index contributed by atoms with van der Waals surface area (Å²) < 4.78 is 0. The van der Waals surface area contributed by atoms with Crippen LogP contribution in [0.2, 0.25) is 0 Å². The molecule has 0 unspecified atom stereocenters. The van der Waals surface area contributed by atoms with Crippen LogP contribution in [0.1, 0.15) is 39.2 Å². The van der Waals surface area contributed by atoms with Crippen molar-refractivity contribution < 1.29 is 0 Å². The van der Waals surface area contributed by atoms with Crippen LogP contribution in [0.15, 0.2) is 6.20 Å². The molecule has 15 heavy (non-hydrogen) atoms. The van der Waals surface area contributed by atoms with E-state index in [1.165, 1.54) is 0 Å². The standard InChI is InChI=1S/C12H23N3/c1-9(2)15(10(3)4)7-6-12-13-8-11(5)14-12/h8-10H,6-7H2,1-5H3,(H,13,14). The summed E-state index contributed by atoms with van der Waals surface area (Å²) in [4.78, 5) is 10.1. The number of nitrogens with one attached hydrogen (secondary N) is 1. The second-order valence-electron chi connectivity index (χ2n) is 4.66. The third-order valence-electron chi connectivity index (χ3n) is 2.69. The largest absolute Gasteiger partial charge is 0.348 e. The lowest BCUT2D eigenvalue weighted by Crippen LogP contribution is -2.38. The zero-order valence-electron chi connectivity index (χ0n) is 10.5. The predicted octanol–water partition coefficient (Wildman–Crippen LogP) is 2.38. The van der Waals surface area contributed by atoms with E-state index >= 15 is 0 Å². The van der Waals surface area contributed by atoms with Crippen molar-refractivity contribution in [3.05, 3.63) is 17.7 Å². The smallest absolute Gasteiger partial charge is 0.107 e. The Morgan fingerprint density at radius 1 is 1.27 bits per heavy atom. The lowest BCUT2D eigenvalue weighted by molar-refractivity contribution is 0.176. The molecule has 0 saturated heterocycles. The molecule has 3 nitrogen and oxygen atoms in total. The van der Waals surface area contributed by atoms with Gasteiger partial charge >= 0.3 is 0 Å². The fraction of sp³-hybridized carbons (Fsp3) is 0.750. The van der Waals surface area contributed by atoms with Gasteiger partial charge in [-0.25, -0.2) is 4.98 Å². The Labute approximate surface area is 92.9 Å². The van der Waals surface area contributed by atoms with Crippen LogP contribution in [0.25, 0.3) is 0 Å². The van der Waals surface area contributed by atoms with Crippen LogP contribution < -0.4 is 0 Å². The molecule has 86 valence electrons. The zero-order chi connectivity index (χ0) is 11.4. The molecule has 1 aromatic heterocycles. The number of rotatable bonds is 5. The van der Waals surface area contributed by atoms with Gasteiger partial charge in [0.15, 0.2) is 0 Å². The summed E-state index contributed by atoms with van der Waals surface area (Å²) in [5, 5.41) is 0. The second-order valence-corrected chi connectivity index (χ2v) is 4.66. The Hall–Kier alpha value is -0.830. The summed E-state index contributed by atoms with van der Waals surface area (Å²) in [5.74, 6) is 1.10. The normalized spacial score (nSPS) is 12.0. The van der Waals surface area contributed by atoms with E-state index in [1.54, 1.807) is 0 Å². The second kappa shape index (κ2) is 5.31. The van der Waals surface area contributed by atoms with Gasteiger partial charge in [-0.05, 0) is 34.6 Å². The third kappa shape index (κ3) is 3.67. The van der Waals surface area contributed by atoms with Crippen LogP contribution in [-0.4, -0.2) is 33.5 Å². The molecular formula is C12H23N3. The molecular weight excluding hydrogens is 186 g/mol. The monoisotopic (exact) mass is 209 g/mol. The van der Waals surface area contributed by atoms with Gasteiger partial charge in [-0.2, -0.15) is 0 Å². The van der Waals surface area contributed by atoms with E-state index in [2.05, 4.69) is 42.6 Å². The Morgan fingerprint density at radius 3 is 2.27 bits per heavy atom. The summed E-state index contributed by atoms with van der Waals surface area (Å²) in [6.45, 7) is 12.1. The minimum Gasteiger partial charge on any atom is -0.348 e. The van der Waals surface area contributed by atoms with E-state index in [1.807, 2.05) is 13.1 Å². The summed E-state index contributed by atoms with van der Waals surface area (Å²) in [7, 11) is 0. The Kier molecular flexibility index (Phi) is 4.33. The fourth-order valence-electron chi connectivity index (χ4n) is 1.94. The first-order chi connectivity index (χ1) is 7.00. The highest BCUT2D eigenvalue weighted by atomic mass is 15.2. The van der Waals surface area contributed by atoms with E-state index < -0.39 is 0 Å². The number of H-pyrrole nitrogens is 1. The molecule has 1 aromatic rings. The van der Waals surface area contributed by atoms with Gasteiger partial charge in [-0.15, -0.1) is 0 Å². The first-order valence-electron chi connectivity index (χ1n) is 5.77. The number of hydrogen-bond acceptors (Lipinski definition) is 2. The number of nitrogens with zero attached hydrogens (tertiary/aromatic N) is 2. The van der Waals surface area contributed by atoms with Gasteiger partial charge < -0.3 is 4.98 Å². The van der Waals surface area contributed by atoms with Crippen LogP contribution in [0.4, 0.5) is 0 Å². The van der Waals surface area contributed by atoms with E-state index in [9.17, 15) is 0 Å². The number of aromatic amines is 1. The van der Waals surface area contributed by atoms with Crippen molar-refractivity contribution in [3.8, 4) is 0 Å². The van der Waals surface area contributed by atoms with E-state index in [-0.39, 0.29) is 0 Å². The highest BCUT2D eigenvalue weighted by Gasteiger charge is 2.13. The van der Waals surface area contributed by atoms with Gasteiger partial charge in [-0.1, -0.05) is 0 Å².